The van der Waals surface area contributed by atoms with Crippen molar-refractivity contribution in [3.05, 3.63) is 0 Å². The summed E-state index contributed by atoms with van der Waals surface area (Å²) in [5.41, 5.74) is 0. The molecule has 0 aliphatic carbocycles. The second-order valence-electron chi connectivity index (χ2n) is 2.69. The van der Waals surface area contributed by atoms with Gasteiger partial charge in [-0.15, -0.1) is 0 Å². The van der Waals surface area contributed by atoms with Gasteiger partial charge in [0, 0.05) is 0 Å². The van der Waals surface area contributed by atoms with Crippen molar-refractivity contribution in [2.45, 2.75) is 25.9 Å². The zero-order chi connectivity index (χ0) is 9.68. The maximum atomic E-state index is 11.1. The molecule has 0 aromatic carbocycles. The Morgan fingerprint density at radius 2 is 2.46 bits per heavy atom. The Balaban J connectivity index is 2.20. The minimum atomic E-state index is -0.871. The van der Waals surface area contributed by atoms with Crippen molar-refractivity contribution in [1.82, 2.24) is 0 Å². The van der Waals surface area contributed by atoms with Crippen LogP contribution in [0.1, 0.15) is 19.8 Å². The van der Waals surface area contributed by atoms with Crippen molar-refractivity contribution in [1.29, 1.82) is 0 Å². The average molecular weight is 188 g/mol. The molecule has 0 radical (unpaired) electrons. The lowest BCUT2D eigenvalue weighted by atomic mass is 10.3. The topological polar surface area (TPSA) is 61.8 Å². The highest BCUT2D eigenvalue weighted by molar-refractivity contribution is 5.79. The quantitative estimate of drug-likeness (QED) is 0.483. The summed E-state index contributed by atoms with van der Waals surface area (Å²) in [5, 5.41) is 0. The fourth-order valence-electron chi connectivity index (χ4n) is 0.854. The highest BCUT2D eigenvalue weighted by Crippen LogP contribution is 2.07. The fraction of sp³-hybridized carbons (Fsp3) is 0.750. The number of ether oxygens (including phenoxy) is 3. The number of hydrogen-bond donors (Lipinski definition) is 0. The van der Waals surface area contributed by atoms with E-state index in [1.807, 2.05) is 6.92 Å². The van der Waals surface area contributed by atoms with Crippen LogP contribution in [0.5, 0.6) is 0 Å². The van der Waals surface area contributed by atoms with Gasteiger partial charge in [0.1, 0.15) is 6.61 Å². The van der Waals surface area contributed by atoms with Crippen molar-refractivity contribution in [3.8, 4) is 0 Å². The van der Waals surface area contributed by atoms with Crippen molar-refractivity contribution < 1.29 is 23.8 Å². The molecule has 1 fully saturated rings. The van der Waals surface area contributed by atoms with Crippen LogP contribution in [0.15, 0.2) is 0 Å². The molecule has 0 amide bonds. The van der Waals surface area contributed by atoms with Gasteiger partial charge in [-0.25, -0.2) is 9.59 Å². The van der Waals surface area contributed by atoms with Crippen LogP contribution in [0.25, 0.3) is 0 Å². The third-order valence-corrected chi connectivity index (χ3v) is 1.60. The Morgan fingerprint density at radius 3 is 3.00 bits per heavy atom. The van der Waals surface area contributed by atoms with Gasteiger partial charge in [-0.05, 0) is 6.42 Å². The molecule has 1 aliphatic heterocycles. The van der Waals surface area contributed by atoms with Gasteiger partial charge in [0.15, 0.2) is 0 Å². The predicted molar refractivity (Wildman–Crippen MR) is 42.1 cm³/mol. The van der Waals surface area contributed by atoms with Crippen LogP contribution in [-0.2, 0) is 19.0 Å². The predicted octanol–water partition coefficient (Wildman–Crippen LogP) is 0.865. The number of unbranched alkanes of at least 4 members (excludes halogenated alkanes) is 1. The number of cyclic esters (lactones) is 2. The Morgan fingerprint density at radius 1 is 1.69 bits per heavy atom. The molecule has 5 nitrogen and oxygen atoms in total. The molecule has 1 aliphatic rings. The first kappa shape index (κ1) is 9.83. The van der Waals surface area contributed by atoms with E-state index in [9.17, 15) is 9.59 Å². The first-order valence-corrected chi connectivity index (χ1v) is 4.24. The van der Waals surface area contributed by atoms with E-state index in [-0.39, 0.29) is 6.61 Å². The van der Waals surface area contributed by atoms with Crippen LogP contribution < -0.4 is 0 Å². The summed E-state index contributed by atoms with van der Waals surface area (Å²) in [7, 11) is 0. The van der Waals surface area contributed by atoms with Crippen molar-refractivity contribution >= 4 is 12.1 Å². The van der Waals surface area contributed by atoms with E-state index in [0.29, 0.717) is 6.61 Å². The normalized spacial score (nSPS) is 20.7. The van der Waals surface area contributed by atoms with E-state index in [2.05, 4.69) is 9.47 Å². The molecule has 0 saturated carbocycles. The maximum absolute atomic E-state index is 11.1. The Kier molecular flexibility index (Phi) is 3.54. The Bertz CT molecular complexity index is 201. The van der Waals surface area contributed by atoms with Gasteiger partial charge in [0.25, 0.3) is 0 Å². The van der Waals surface area contributed by atoms with Crippen LogP contribution in [0, 0.1) is 0 Å². The summed E-state index contributed by atoms with van der Waals surface area (Å²) in [4.78, 5) is 21.5. The summed E-state index contributed by atoms with van der Waals surface area (Å²) in [6.45, 7) is 2.32. The van der Waals surface area contributed by atoms with E-state index in [4.69, 9.17) is 4.74 Å². The Hall–Kier alpha value is -1.26. The van der Waals surface area contributed by atoms with Gasteiger partial charge in [-0.1, -0.05) is 13.3 Å². The molecule has 1 rings (SSSR count). The second-order valence-corrected chi connectivity index (χ2v) is 2.69. The smallest absolute Gasteiger partial charge is 0.463 e. The lowest BCUT2D eigenvalue weighted by Crippen LogP contribution is -2.25. The zero-order valence-corrected chi connectivity index (χ0v) is 7.45. The summed E-state index contributed by atoms with van der Waals surface area (Å²) in [5.74, 6) is -0.528. The van der Waals surface area contributed by atoms with E-state index in [0.717, 1.165) is 12.8 Å². The monoisotopic (exact) mass is 188 g/mol. The van der Waals surface area contributed by atoms with Crippen molar-refractivity contribution in [3.63, 3.8) is 0 Å². The van der Waals surface area contributed by atoms with Gasteiger partial charge in [-0.2, -0.15) is 0 Å². The highest BCUT2D eigenvalue weighted by atomic mass is 16.8. The lowest BCUT2D eigenvalue weighted by Gasteiger charge is -2.06. The van der Waals surface area contributed by atoms with Gasteiger partial charge in [0.05, 0.1) is 6.61 Å². The van der Waals surface area contributed by atoms with E-state index >= 15 is 0 Å². The molecular weight excluding hydrogens is 176 g/mol. The molecule has 0 aromatic heterocycles. The summed E-state index contributed by atoms with van der Waals surface area (Å²) >= 11 is 0. The van der Waals surface area contributed by atoms with Crippen LogP contribution in [0.2, 0.25) is 0 Å². The number of carbonyl (C=O) groups excluding carboxylic acids is 2. The van der Waals surface area contributed by atoms with Crippen LogP contribution in [0.3, 0.4) is 0 Å². The summed E-state index contributed by atoms with van der Waals surface area (Å²) < 4.78 is 13.8. The van der Waals surface area contributed by atoms with Crippen molar-refractivity contribution in [2.75, 3.05) is 13.2 Å². The van der Waals surface area contributed by atoms with Crippen molar-refractivity contribution in [2.24, 2.45) is 0 Å². The van der Waals surface area contributed by atoms with Gasteiger partial charge in [-0.3, -0.25) is 0 Å². The minimum absolute atomic E-state index is 0.0379. The molecule has 1 saturated heterocycles. The van der Waals surface area contributed by atoms with Gasteiger partial charge in [0.2, 0.25) is 6.10 Å². The van der Waals surface area contributed by atoms with E-state index in [1.54, 1.807) is 0 Å². The standard InChI is InChI=1S/C8H12O5/c1-2-3-4-11-7(9)6-5-12-8(10)13-6/h6H,2-5H2,1H3. The molecule has 1 unspecified atom stereocenters. The molecule has 5 heteroatoms. The summed E-state index contributed by atoms with van der Waals surface area (Å²) in [6.07, 6.45) is 0.0865. The molecule has 1 heterocycles. The zero-order valence-electron chi connectivity index (χ0n) is 7.45. The van der Waals surface area contributed by atoms with Gasteiger partial charge >= 0.3 is 12.1 Å². The molecule has 74 valence electrons. The molecule has 1 atom stereocenters. The third-order valence-electron chi connectivity index (χ3n) is 1.60. The average Bonchev–Trinajstić information content (AvgIpc) is 2.52. The largest absolute Gasteiger partial charge is 0.509 e. The SMILES string of the molecule is CCCCOC(=O)C1COC(=O)O1. The first-order valence-electron chi connectivity index (χ1n) is 4.24. The number of esters is 1. The van der Waals surface area contributed by atoms with Gasteiger partial charge < -0.3 is 14.2 Å². The molecule has 0 bridgehead atoms. The van der Waals surface area contributed by atoms with Crippen LogP contribution in [0.4, 0.5) is 4.79 Å². The fourth-order valence-corrected chi connectivity index (χ4v) is 0.854. The van der Waals surface area contributed by atoms with Crippen LogP contribution >= 0.6 is 0 Å². The number of carbonyl (C=O) groups is 2. The minimum Gasteiger partial charge on any atom is -0.463 e. The molecular formula is C8H12O5. The Labute approximate surface area is 76.0 Å². The lowest BCUT2D eigenvalue weighted by molar-refractivity contribution is -0.151. The second kappa shape index (κ2) is 4.69. The first-order chi connectivity index (χ1) is 6.24. The third kappa shape index (κ3) is 2.93. The maximum Gasteiger partial charge on any atom is 0.509 e. The molecule has 13 heavy (non-hydrogen) atoms. The number of rotatable bonds is 4. The van der Waals surface area contributed by atoms with E-state index in [1.165, 1.54) is 0 Å². The number of hydrogen-bond acceptors (Lipinski definition) is 5. The molecule has 0 aromatic rings. The molecule has 0 N–H and O–H groups in total. The van der Waals surface area contributed by atoms with E-state index < -0.39 is 18.2 Å². The highest BCUT2D eigenvalue weighted by Gasteiger charge is 2.32. The summed E-state index contributed by atoms with van der Waals surface area (Å²) in [6, 6.07) is 0. The molecule has 0 spiro atoms. The van der Waals surface area contributed by atoms with Crippen LogP contribution in [-0.4, -0.2) is 31.4 Å².